The summed E-state index contributed by atoms with van der Waals surface area (Å²) in [7, 11) is -2.95. The number of carbonyl (C=O) groups is 2. The molecule has 1 saturated heterocycles. The Hall–Kier alpha value is -1.93. The Morgan fingerprint density at radius 2 is 1.91 bits per heavy atom. The Kier molecular flexibility index (Phi) is 5.15. The first kappa shape index (κ1) is 16.4. The molecule has 2 rings (SSSR count). The third-order valence-electron chi connectivity index (χ3n) is 3.25. The molecule has 1 aliphatic rings. The minimum atomic E-state index is -2.95. The lowest BCUT2D eigenvalue weighted by Gasteiger charge is -2.11. The minimum Gasteiger partial charge on any atom is -0.326 e. The van der Waals surface area contributed by atoms with Crippen LogP contribution in [-0.2, 0) is 19.4 Å². The fourth-order valence-electron chi connectivity index (χ4n) is 2.28. The fraction of sp³-hybridized carbons (Fsp3) is 0.429. The van der Waals surface area contributed by atoms with Crippen molar-refractivity contribution in [3.63, 3.8) is 0 Å². The van der Waals surface area contributed by atoms with Crippen molar-refractivity contribution in [3.05, 3.63) is 24.3 Å². The number of benzene rings is 1. The van der Waals surface area contributed by atoms with E-state index in [-0.39, 0.29) is 35.9 Å². The molecular formula is C14H19N3O4S. The van der Waals surface area contributed by atoms with Crippen LogP contribution in [0.4, 0.5) is 11.4 Å². The second-order valence-electron chi connectivity index (χ2n) is 5.29. The van der Waals surface area contributed by atoms with Gasteiger partial charge in [-0.1, -0.05) is 6.07 Å². The Balaban J connectivity index is 1.83. The van der Waals surface area contributed by atoms with Gasteiger partial charge in [-0.3, -0.25) is 9.59 Å². The molecule has 7 nitrogen and oxygen atoms in total. The van der Waals surface area contributed by atoms with Crippen molar-refractivity contribution in [2.45, 2.75) is 19.4 Å². The maximum atomic E-state index is 11.9. The molecule has 0 aliphatic carbocycles. The van der Waals surface area contributed by atoms with Crippen LogP contribution in [0.1, 0.15) is 13.3 Å². The van der Waals surface area contributed by atoms with E-state index in [0.717, 1.165) is 0 Å². The predicted octanol–water partition coefficient (Wildman–Crippen LogP) is 0.360. The summed E-state index contributed by atoms with van der Waals surface area (Å²) >= 11 is 0. The largest absolute Gasteiger partial charge is 0.326 e. The highest BCUT2D eigenvalue weighted by Gasteiger charge is 2.27. The number of hydrogen-bond acceptors (Lipinski definition) is 5. The summed E-state index contributed by atoms with van der Waals surface area (Å²) in [5, 5.41) is 8.27. The number of amides is 2. The van der Waals surface area contributed by atoms with E-state index >= 15 is 0 Å². The first-order valence-electron chi connectivity index (χ1n) is 6.95. The highest BCUT2D eigenvalue weighted by molar-refractivity contribution is 7.91. The van der Waals surface area contributed by atoms with Gasteiger partial charge in [0.05, 0.1) is 18.1 Å². The monoisotopic (exact) mass is 325 g/mol. The average Bonchev–Trinajstić information content (AvgIpc) is 2.76. The maximum absolute atomic E-state index is 11.9. The Labute approximate surface area is 129 Å². The van der Waals surface area contributed by atoms with E-state index in [4.69, 9.17) is 0 Å². The van der Waals surface area contributed by atoms with Gasteiger partial charge in [-0.2, -0.15) is 0 Å². The number of nitrogens with one attached hydrogen (secondary N) is 3. The summed E-state index contributed by atoms with van der Waals surface area (Å²) in [5.41, 5.74) is 1.16. The van der Waals surface area contributed by atoms with E-state index in [9.17, 15) is 18.0 Å². The van der Waals surface area contributed by atoms with E-state index in [0.29, 0.717) is 17.8 Å². The predicted molar refractivity (Wildman–Crippen MR) is 84.4 cm³/mol. The fourth-order valence-corrected chi connectivity index (χ4v) is 3.98. The molecule has 1 heterocycles. The van der Waals surface area contributed by atoms with Gasteiger partial charge in [0.25, 0.3) is 0 Å². The molecule has 1 aromatic rings. The summed E-state index contributed by atoms with van der Waals surface area (Å²) in [5.74, 6) is -0.194. The van der Waals surface area contributed by atoms with Gasteiger partial charge >= 0.3 is 0 Å². The zero-order chi connectivity index (χ0) is 16.2. The van der Waals surface area contributed by atoms with Crippen LogP contribution in [0.2, 0.25) is 0 Å². The van der Waals surface area contributed by atoms with Crippen LogP contribution in [0.25, 0.3) is 0 Å². The van der Waals surface area contributed by atoms with Crippen LogP contribution in [0.15, 0.2) is 24.3 Å². The number of anilines is 2. The molecule has 120 valence electrons. The summed E-state index contributed by atoms with van der Waals surface area (Å²) in [6.07, 6.45) is 0.535. The summed E-state index contributed by atoms with van der Waals surface area (Å²) in [4.78, 5) is 22.8. The molecule has 0 saturated carbocycles. The first-order valence-corrected chi connectivity index (χ1v) is 8.77. The second-order valence-corrected chi connectivity index (χ2v) is 7.52. The third kappa shape index (κ3) is 5.12. The molecule has 3 N–H and O–H groups in total. The summed E-state index contributed by atoms with van der Waals surface area (Å²) < 4.78 is 22.7. The molecule has 1 aliphatic heterocycles. The van der Waals surface area contributed by atoms with Crippen molar-refractivity contribution in [2.24, 2.45) is 0 Å². The smallest absolute Gasteiger partial charge is 0.238 e. The van der Waals surface area contributed by atoms with Crippen molar-refractivity contribution in [2.75, 3.05) is 28.7 Å². The lowest BCUT2D eigenvalue weighted by atomic mass is 10.2. The molecular weight excluding hydrogens is 306 g/mol. The Bertz CT molecular complexity index is 672. The van der Waals surface area contributed by atoms with Crippen molar-refractivity contribution in [3.8, 4) is 0 Å². The van der Waals surface area contributed by atoms with Crippen molar-refractivity contribution in [1.29, 1.82) is 0 Å². The SMILES string of the molecule is CC(=O)Nc1cccc(NC(=O)CNC2CCS(=O)(=O)C2)c1. The Morgan fingerprint density at radius 1 is 1.23 bits per heavy atom. The lowest BCUT2D eigenvalue weighted by Crippen LogP contribution is -2.36. The van der Waals surface area contributed by atoms with Gasteiger partial charge in [0, 0.05) is 24.3 Å². The van der Waals surface area contributed by atoms with Crippen molar-refractivity contribution >= 4 is 33.0 Å². The highest BCUT2D eigenvalue weighted by atomic mass is 32.2. The van der Waals surface area contributed by atoms with E-state index in [2.05, 4.69) is 16.0 Å². The van der Waals surface area contributed by atoms with Crippen LogP contribution < -0.4 is 16.0 Å². The quantitative estimate of drug-likeness (QED) is 0.725. The van der Waals surface area contributed by atoms with E-state index in [1.165, 1.54) is 6.92 Å². The minimum absolute atomic E-state index is 0.0462. The summed E-state index contributed by atoms with van der Waals surface area (Å²) in [6, 6.07) is 6.64. The standard InChI is InChI=1S/C14H19N3O4S/c1-10(18)16-11-3-2-4-12(7-11)17-14(19)8-15-13-5-6-22(20,21)9-13/h2-4,7,13,15H,5-6,8-9H2,1H3,(H,16,18)(H,17,19). The van der Waals surface area contributed by atoms with Crippen LogP contribution in [0.3, 0.4) is 0 Å². The van der Waals surface area contributed by atoms with Crippen LogP contribution >= 0.6 is 0 Å². The molecule has 0 radical (unpaired) electrons. The van der Waals surface area contributed by atoms with Gasteiger partial charge in [0.15, 0.2) is 9.84 Å². The lowest BCUT2D eigenvalue weighted by molar-refractivity contribution is -0.115. The van der Waals surface area contributed by atoms with Gasteiger partial charge in [0.1, 0.15) is 0 Å². The Morgan fingerprint density at radius 3 is 2.50 bits per heavy atom. The van der Waals surface area contributed by atoms with Gasteiger partial charge in [-0.05, 0) is 24.6 Å². The topological polar surface area (TPSA) is 104 Å². The van der Waals surface area contributed by atoms with Crippen LogP contribution in [-0.4, -0.2) is 44.3 Å². The third-order valence-corrected chi connectivity index (χ3v) is 5.02. The molecule has 22 heavy (non-hydrogen) atoms. The second kappa shape index (κ2) is 6.89. The molecule has 0 bridgehead atoms. The average molecular weight is 325 g/mol. The highest BCUT2D eigenvalue weighted by Crippen LogP contribution is 2.15. The van der Waals surface area contributed by atoms with E-state index in [1.54, 1.807) is 24.3 Å². The van der Waals surface area contributed by atoms with Crippen LogP contribution in [0, 0.1) is 0 Å². The maximum Gasteiger partial charge on any atom is 0.238 e. The number of sulfone groups is 1. The zero-order valence-electron chi connectivity index (χ0n) is 12.3. The van der Waals surface area contributed by atoms with Crippen molar-refractivity contribution in [1.82, 2.24) is 5.32 Å². The molecule has 8 heteroatoms. The van der Waals surface area contributed by atoms with Gasteiger partial charge in [-0.15, -0.1) is 0 Å². The van der Waals surface area contributed by atoms with E-state index < -0.39 is 9.84 Å². The molecule has 1 aromatic carbocycles. The number of carbonyl (C=O) groups excluding carboxylic acids is 2. The van der Waals surface area contributed by atoms with Crippen molar-refractivity contribution < 1.29 is 18.0 Å². The number of rotatable bonds is 5. The molecule has 1 fully saturated rings. The van der Waals surface area contributed by atoms with Crippen LogP contribution in [0.5, 0.6) is 0 Å². The molecule has 1 unspecified atom stereocenters. The molecule has 0 spiro atoms. The summed E-state index contributed by atoms with van der Waals surface area (Å²) in [6.45, 7) is 1.45. The molecule has 2 amide bonds. The van der Waals surface area contributed by atoms with Gasteiger partial charge in [0.2, 0.25) is 11.8 Å². The van der Waals surface area contributed by atoms with E-state index in [1.807, 2.05) is 0 Å². The molecule has 0 aromatic heterocycles. The zero-order valence-corrected chi connectivity index (χ0v) is 13.1. The van der Waals surface area contributed by atoms with Gasteiger partial charge in [-0.25, -0.2) is 8.42 Å². The number of hydrogen-bond donors (Lipinski definition) is 3. The first-order chi connectivity index (χ1) is 10.3. The normalized spacial score (nSPS) is 19.6. The van der Waals surface area contributed by atoms with Gasteiger partial charge < -0.3 is 16.0 Å². The molecule has 1 atom stereocenters.